The summed E-state index contributed by atoms with van der Waals surface area (Å²) in [7, 11) is 1.52. The topological polar surface area (TPSA) is 72.6 Å². The van der Waals surface area contributed by atoms with Crippen molar-refractivity contribution in [2.24, 2.45) is 11.7 Å². The lowest BCUT2D eigenvalue weighted by molar-refractivity contribution is -0.147. The quantitative estimate of drug-likeness (QED) is 0.838. The fraction of sp³-hybridized carbons (Fsp3) is 0.867. The van der Waals surface area contributed by atoms with E-state index in [1.165, 1.54) is 7.11 Å². The molecule has 0 bridgehead atoms. The van der Waals surface area contributed by atoms with Crippen molar-refractivity contribution in [3.8, 4) is 0 Å². The number of hydrogen-bond acceptors (Lipinski definition) is 3. The summed E-state index contributed by atoms with van der Waals surface area (Å²) in [5.74, 6) is -3.65. The third-order valence-corrected chi connectivity index (χ3v) is 4.85. The fourth-order valence-corrected chi connectivity index (χ4v) is 3.77. The van der Waals surface area contributed by atoms with E-state index in [1.54, 1.807) is 4.90 Å². The van der Waals surface area contributed by atoms with Gasteiger partial charge in [-0.2, -0.15) is 0 Å². The molecule has 1 aliphatic heterocycles. The van der Waals surface area contributed by atoms with Crippen LogP contribution in [0.1, 0.15) is 44.9 Å². The van der Waals surface area contributed by atoms with Crippen LogP contribution in [-0.2, 0) is 14.3 Å². The van der Waals surface area contributed by atoms with E-state index in [0.29, 0.717) is 13.0 Å². The minimum Gasteiger partial charge on any atom is -0.382 e. The van der Waals surface area contributed by atoms with E-state index in [4.69, 9.17) is 10.5 Å². The van der Waals surface area contributed by atoms with Gasteiger partial charge in [-0.05, 0) is 25.7 Å². The molecule has 5 nitrogen and oxygen atoms in total. The predicted molar refractivity (Wildman–Crippen MR) is 76.3 cm³/mol. The van der Waals surface area contributed by atoms with Crippen molar-refractivity contribution < 1.29 is 23.1 Å². The number of primary amides is 1. The maximum Gasteiger partial charge on any atom is 0.248 e. The summed E-state index contributed by atoms with van der Waals surface area (Å²) >= 11 is 0. The second-order valence-corrected chi connectivity index (χ2v) is 6.52. The summed E-state index contributed by atoms with van der Waals surface area (Å²) in [6.45, 7) is 0.771. The Balaban J connectivity index is 2.11. The maximum absolute atomic E-state index is 13.3. The second kappa shape index (κ2) is 6.48. The van der Waals surface area contributed by atoms with Crippen LogP contribution in [0.3, 0.4) is 0 Å². The molecule has 0 aromatic heterocycles. The minimum absolute atomic E-state index is 0.0511. The van der Waals surface area contributed by atoms with E-state index in [9.17, 15) is 18.4 Å². The minimum atomic E-state index is -2.65. The highest BCUT2D eigenvalue weighted by atomic mass is 19.3. The summed E-state index contributed by atoms with van der Waals surface area (Å²) < 4.78 is 31.7. The summed E-state index contributed by atoms with van der Waals surface area (Å²) in [5.41, 5.74) is 4.62. The lowest BCUT2D eigenvalue weighted by atomic mass is 9.84. The Morgan fingerprint density at radius 1 is 1.27 bits per heavy atom. The second-order valence-electron chi connectivity index (χ2n) is 6.52. The van der Waals surface area contributed by atoms with Gasteiger partial charge in [-0.15, -0.1) is 0 Å². The van der Waals surface area contributed by atoms with Gasteiger partial charge in [0.15, 0.2) is 0 Å². The van der Waals surface area contributed by atoms with Crippen LogP contribution in [0.15, 0.2) is 0 Å². The van der Waals surface area contributed by atoms with Gasteiger partial charge in [0, 0.05) is 32.4 Å². The zero-order chi connectivity index (χ0) is 16.4. The molecule has 0 aromatic rings. The van der Waals surface area contributed by atoms with Gasteiger partial charge in [-0.25, -0.2) is 8.78 Å². The first kappa shape index (κ1) is 17.1. The number of hydrogen-bond donors (Lipinski definition) is 1. The van der Waals surface area contributed by atoms with Gasteiger partial charge >= 0.3 is 0 Å². The third kappa shape index (κ3) is 3.56. The van der Waals surface area contributed by atoms with Crippen LogP contribution >= 0.6 is 0 Å². The highest BCUT2D eigenvalue weighted by Gasteiger charge is 2.47. The molecule has 2 aliphatic rings. The van der Waals surface area contributed by atoms with Crippen LogP contribution < -0.4 is 5.73 Å². The Kier molecular flexibility index (Phi) is 5.04. The number of nitrogens with zero attached hydrogens (tertiary/aromatic N) is 1. The van der Waals surface area contributed by atoms with Crippen LogP contribution in [0.4, 0.5) is 8.78 Å². The van der Waals surface area contributed by atoms with Gasteiger partial charge in [0.1, 0.15) is 0 Å². The first-order valence-corrected chi connectivity index (χ1v) is 7.76. The fourth-order valence-electron chi connectivity index (χ4n) is 3.77. The summed E-state index contributed by atoms with van der Waals surface area (Å²) in [4.78, 5) is 25.8. The molecule has 1 atom stereocenters. The van der Waals surface area contributed by atoms with Crippen LogP contribution in [0.25, 0.3) is 0 Å². The number of ether oxygens (including phenoxy) is 1. The van der Waals surface area contributed by atoms with Gasteiger partial charge in [0.25, 0.3) is 0 Å². The molecule has 1 saturated heterocycles. The number of carbonyl (C=O) groups excluding carboxylic acids is 2. The molecule has 0 aromatic carbocycles. The first-order chi connectivity index (χ1) is 10.3. The Morgan fingerprint density at radius 2 is 1.91 bits per heavy atom. The molecule has 2 N–H and O–H groups in total. The molecule has 2 fully saturated rings. The number of amides is 2. The first-order valence-electron chi connectivity index (χ1n) is 7.76. The standard InChI is InChI=1S/C15H24F2N2O3/c1-22-10-14(9-12(18)20)5-2-8-19(14)13(21)11-3-6-15(16,17)7-4-11/h11H,2-10H2,1H3,(H2,18,20)/t14-/m1/s1. The lowest BCUT2D eigenvalue weighted by Crippen LogP contribution is -2.54. The molecule has 1 aliphatic carbocycles. The monoisotopic (exact) mass is 318 g/mol. The van der Waals surface area contributed by atoms with E-state index in [-0.39, 0.29) is 50.5 Å². The predicted octanol–water partition coefficient (Wildman–Crippen LogP) is 1.69. The van der Waals surface area contributed by atoms with E-state index in [1.807, 2.05) is 0 Å². The van der Waals surface area contributed by atoms with E-state index in [2.05, 4.69) is 0 Å². The van der Waals surface area contributed by atoms with Crippen molar-refractivity contribution in [3.05, 3.63) is 0 Å². The molecule has 7 heteroatoms. The maximum atomic E-state index is 13.3. The number of likely N-dealkylation sites (tertiary alicyclic amines) is 1. The van der Waals surface area contributed by atoms with E-state index < -0.39 is 17.4 Å². The SMILES string of the molecule is COC[C@]1(CC(N)=O)CCCN1C(=O)C1CCC(F)(F)CC1. The van der Waals surface area contributed by atoms with Gasteiger partial charge in [0.2, 0.25) is 17.7 Å². The smallest absolute Gasteiger partial charge is 0.248 e. The number of methoxy groups -OCH3 is 1. The Hall–Kier alpha value is -1.24. The molecule has 0 radical (unpaired) electrons. The highest BCUT2D eigenvalue weighted by Crippen LogP contribution is 2.40. The van der Waals surface area contributed by atoms with Gasteiger partial charge in [-0.1, -0.05) is 0 Å². The molecule has 2 amide bonds. The third-order valence-electron chi connectivity index (χ3n) is 4.85. The molecule has 1 heterocycles. The summed E-state index contributed by atoms with van der Waals surface area (Å²) in [5, 5.41) is 0. The van der Waals surface area contributed by atoms with Gasteiger partial charge < -0.3 is 15.4 Å². The molecule has 0 unspecified atom stereocenters. The molecule has 126 valence electrons. The molecular formula is C15H24F2N2O3. The van der Waals surface area contributed by atoms with Crippen molar-refractivity contribution in [2.45, 2.75) is 56.4 Å². The lowest BCUT2D eigenvalue weighted by Gasteiger charge is -2.40. The van der Waals surface area contributed by atoms with Gasteiger partial charge in [-0.3, -0.25) is 9.59 Å². The van der Waals surface area contributed by atoms with Gasteiger partial charge in [0.05, 0.1) is 18.6 Å². The van der Waals surface area contributed by atoms with Crippen LogP contribution in [-0.4, -0.2) is 48.4 Å². The van der Waals surface area contributed by atoms with Crippen molar-refractivity contribution in [1.29, 1.82) is 0 Å². The average Bonchev–Trinajstić information content (AvgIpc) is 2.81. The highest BCUT2D eigenvalue weighted by molar-refractivity contribution is 5.82. The Morgan fingerprint density at radius 3 is 2.45 bits per heavy atom. The number of carbonyl (C=O) groups is 2. The molecular weight excluding hydrogens is 294 g/mol. The number of alkyl halides is 2. The average molecular weight is 318 g/mol. The van der Waals surface area contributed by atoms with E-state index >= 15 is 0 Å². The number of rotatable bonds is 5. The van der Waals surface area contributed by atoms with Crippen molar-refractivity contribution in [2.75, 3.05) is 20.3 Å². The molecule has 0 spiro atoms. The summed E-state index contributed by atoms with van der Waals surface area (Å²) in [6, 6.07) is 0. The van der Waals surface area contributed by atoms with Crippen molar-refractivity contribution in [3.63, 3.8) is 0 Å². The van der Waals surface area contributed by atoms with Crippen LogP contribution in [0, 0.1) is 5.92 Å². The van der Waals surface area contributed by atoms with Crippen molar-refractivity contribution >= 4 is 11.8 Å². The van der Waals surface area contributed by atoms with Crippen LogP contribution in [0.2, 0.25) is 0 Å². The summed E-state index contributed by atoms with van der Waals surface area (Å²) in [6.07, 6.45) is 1.37. The largest absolute Gasteiger partial charge is 0.382 e. The van der Waals surface area contributed by atoms with E-state index in [0.717, 1.165) is 6.42 Å². The zero-order valence-corrected chi connectivity index (χ0v) is 12.9. The zero-order valence-electron chi connectivity index (χ0n) is 12.9. The Labute approximate surface area is 129 Å². The molecule has 22 heavy (non-hydrogen) atoms. The Bertz CT molecular complexity index is 435. The molecule has 2 rings (SSSR count). The number of halogens is 2. The normalized spacial score (nSPS) is 28.8. The van der Waals surface area contributed by atoms with Crippen LogP contribution in [0.5, 0.6) is 0 Å². The molecule has 1 saturated carbocycles. The van der Waals surface area contributed by atoms with Crippen molar-refractivity contribution in [1.82, 2.24) is 4.90 Å². The number of nitrogens with two attached hydrogens (primary N) is 1.